The Kier molecular flexibility index (Phi) is 5.73. The van der Waals surface area contributed by atoms with Crippen molar-refractivity contribution in [1.82, 2.24) is 15.2 Å². The van der Waals surface area contributed by atoms with Crippen LogP contribution < -0.4 is 5.32 Å². The zero-order valence-electron chi connectivity index (χ0n) is 21.4. The van der Waals surface area contributed by atoms with Crippen LogP contribution in [0.25, 0.3) is 0 Å². The number of carbonyl (C=O) groups is 1. The summed E-state index contributed by atoms with van der Waals surface area (Å²) in [7, 11) is 0. The van der Waals surface area contributed by atoms with E-state index in [9.17, 15) is 9.18 Å². The zero-order valence-corrected chi connectivity index (χ0v) is 21.4. The SMILES string of the molecule is CC(C)c1ccc(NC(=O)CC[C@@H]2c3cn[nH]c3[C@@]3(C)CCC4c5cccc(F)c5CCC4C23)nc1. The molecule has 0 spiro atoms. The summed E-state index contributed by atoms with van der Waals surface area (Å²) in [6.45, 7) is 6.64. The fourth-order valence-corrected chi connectivity index (χ4v) is 7.73. The summed E-state index contributed by atoms with van der Waals surface area (Å²) in [5, 5.41) is 10.7. The Labute approximate surface area is 212 Å². The van der Waals surface area contributed by atoms with E-state index in [0.29, 0.717) is 35.9 Å². The maximum Gasteiger partial charge on any atom is 0.225 e. The number of rotatable bonds is 5. The molecule has 2 N–H and O–H groups in total. The summed E-state index contributed by atoms with van der Waals surface area (Å²) in [5.74, 6) is 2.53. The lowest BCUT2D eigenvalue weighted by molar-refractivity contribution is -0.116. The highest BCUT2D eigenvalue weighted by Gasteiger charge is 2.57. The van der Waals surface area contributed by atoms with Gasteiger partial charge in [0, 0.05) is 23.7 Å². The molecule has 36 heavy (non-hydrogen) atoms. The molecule has 5 nitrogen and oxygen atoms in total. The van der Waals surface area contributed by atoms with E-state index in [0.717, 1.165) is 43.2 Å². The van der Waals surface area contributed by atoms with Crippen LogP contribution >= 0.6 is 0 Å². The number of halogens is 1. The molecule has 0 aliphatic heterocycles. The first-order chi connectivity index (χ1) is 17.4. The van der Waals surface area contributed by atoms with Crippen molar-refractivity contribution < 1.29 is 9.18 Å². The number of H-pyrrole nitrogens is 1. The van der Waals surface area contributed by atoms with Gasteiger partial charge in [-0.05, 0) is 96.1 Å². The van der Waals surface area contributed by atoms with Crippen molar-refractivity contribution in [1.29, 1.82) is 0 Å². The molecule has 2 aromatic heterocycles. The minimum atomic E-state index is -0.0524. The van der Waals surface area contributed by atoms with Crippen molar-refractivity contribution in [3.8, 4) is 0 Å². The predicted octanol–water partition coefficient (Wildman–Crippen LogP) is 6.60. The number of aromatic amines is 1. The fourth-order valence-electron chi connectivity index (χ4n) is 7.73. The van der Waals surface area contributed by atoms with Gasteiger partial charge in [0.25, 0.3) is 0 Å². The molecule has 3 aliphatic rings. The third-order valence-electron chi connectivity index (χ3n) is 9.45. The van der Waals surface area contributed by atoms with Gasteiger partial charge in [-0.3, -0.25) is 9.89 Å². The minimum Gasteiger partial charge on any atom is -0.311 e. The Morgan fingerprint density at radius 1 is 1.19 bits per heavy atom. The van der Waals surface area contributed by atoms with Crippen molar-refractivity contribution in [2.45, 2.75) is 82.5 Å². The van der Waals surface area contributed by atoms with Crippen LogP contribution in [0, 0.1) is 17.7 Å². The van der Waals surface area contributed by atoms with Crippen LogP contribution in [-0.2, 0) is 16.6 Å². The number of carbonyl (C=O) groups excluding carboxylic acids is 1. The summed E-state index contributed by atoms with van der Waals surface area (Å²) in [6.07, 6.45) is 8.97. The van der Waals surface area contributed by atoms with E-state index >= 15 is 0 Å². The summed E-state index contributed by atoms with van der Waals surface area (Å²) in [6, 6.07) is 9.53. The van der Waals surface area contributed by atoms with E-state index in [-0.39, 0.29) is 23.1 Å². The van der Waals surface area contributed by atoms with Gasteiger partial charge in [0.1, 0.15) is 11.6 Å². The van der Waals surface area contributed by atoms with Crippen LogP contribution in [0.2, 0.25) is 0 Å². The summed E-state index contributed by atoms with van der Waals surface area (Å²) in [4.78, 5) is 17.4. The maximum atomic E-state index is 14.6. The molecule has 3 aromatic rings. The van der Waals surface area contributed by atoms with E-state index < -0.39 is 0 Å². The number of fused-ring (bicyclic) bond motifs is 7. The van der Waals surface area contributed by atoms with Crippen molar-refractivity contribution in [2.75, 3.05) is 5.32 Å². The van der Waals surface area contributed by atoms with Gasteiger partial charge in [-0.25, -0.2) is 9.37 Å². The van der Waals surface area contributed by atoms with Gasteiger partial charge < -0.3 is 5.32 Å². The third-order valence-corrected chi connectivity index (χ3v) is 9.45. The smallest absolute Gasteiger partial charge is 0.225 e. The average molecular weight is 487 g/mol. The normalized spacial score (nSPS) is 28.2. The quantitative estimate of drug-likeness (QED) is 0.427. The Morgan fingerprint density at radius 3 is 2.83 bits per heavy atom. The van der Waals surface area contributed by atoms with E-state index in [2.05, 4.69) is 47.3 Å². The Bertz CT molecular complexity index is 1280. The molecule has 0 saturated heterocycles. The standard InChI is InChI=1S/C30H35FN4O/c1-17(2)18-7-11-26(32-15-18)34-27(36)12-10-23-24-16-33-35-29(24)30(3)14-13-20-19-5-4-6-25(31)21(19)8-9-22(20)28(23)30/h4-7,11,15-17,20,22-23,28H,8-10,12-14H2,1-3H3,(H,33,35)(H,32,34,36)/t20?,22?,23-,28?,30+/m1/s1. The summed E-state index contributed by atoms with van der Waals surface area (Å²) < 4.78 is 14.6. The molecule has 1 amide bonds. The molecule has 2 heterocycles. The first kappa shape index (κ1) is 23.4. The molecule has 3 unspecified atom stereocenters. The first-order valence-electron chi connectivity index (χ1n) is 13.4. The average Bonchev–Trinajstić information content (AvgIpc) is 3.44. The zero-order chi connectivity index (χ0) is 25.0. The molecule has 188 valence electrons. The number of nitrogens with one attached hydrogen (secondary N) is 2. The molecule has 0 radical (unpaired) electrons. The van der Waals surface area contributed by atoms with Gasteiger partial charge in [0.2, 0.25) is 5.91 Å². The predicted molar refractivity (Wildman–Crippen MR) is 139 cm³/mol. The van der Waals surface area contributed by atoms with Crippen LogP contribution in [-0.4, -0.2) is 21.1 Å². The van der Waals surface area contributed by atoms with Crippen molar-refractivity contribution >= 4 is 11.7 Å². The molecular formula is C30H35FN4O. The van der Waals surface area contributed by atoms with Crippen molar-refractivity contribution in [3.05, 3.63) is 76.5 Å². The first-order valence-corrected chi connectivity index (χ1v) is 13.4. The van der Waals surface area contributed by atoms with Crippen LogP contribution in [0.4, 0.5) is 10.2 Å². The number of nitrogens with zero attached hydrogens (tertiary/aromatic N) is 2. The highest BCUT2D eigenvalue weighted by atomic mass is 19.1. The van der Waals surface area contributed by atoms with Crippen LogP contribution in [0.15, 0.2) is 42.7 Å². The number of hydrogen-bond acceptors (Lipinski definition) is 3. The maximum absolute atomic E-state index is 14.6. The number of aromatic nitrogens is 3. The molecule has 0 bridgehead atoms. The van der Waals surface area contributed by atoms with Crippen molar-refractivity contribution in [3.63, 3.8) is 0 Å². The monoisotopic (exact) mass is 486 g/mol. The van der Waals surface area contributed by atoms with Gasteiger partial charge in [-0.2, -0.15) is 5.10 Å². The van der Waals surface area contributed by atoms with Crippen LogP contribution in [0.5, 0.6) is 0 Å². The molecule has 3 aliphatic carbocycles. The largest absolute Gasteiger partial charge is 0.311 e. The van der Waals surface area contributed by atoms with Gasteiger partial charge in [0.15, 0.2) is 0 Å². The Balaban J connectivity index is 1.23. The Morgan fingerprint density at radius 2 is 2.06 bits per heavy atom. The molecular weight excluding hydrogens is 451 g/mol. The molecule has 6 heteroatoms. The second-order valence-corrected chi connectivity index (χ2v) is 11.6. The third kappa shape index (κ3) is 3.68. The van der Waals surface area contributed by atoms with Crippen molar-refractivity contribution in [2.24, 2.45) is 11.8 Å². The fraction of sp³-hybridized carbons (Fsp3) is 0.500. The van der Waals surface area contributed by atoms with Gasteiger partial charge in [0.05, 0.1) is 6.20 Å². The second kappa shape index (κ2) is 8.82. The number of pyridine rings is 1. The number of amides is 1. The summed E-state index contributed by atoms with van der Waals surface area (Å²) >= 11 is 0. The van der Waals surface area contributed by atoms with Gasteiger partial charge in [-0.1, -0.05) is 39.0 Å². The topological polar surface area (TPSA) is 70.7 Å². The van der Waals surface area contributed by atoms with Gasteiger partial charge >= 0.3 is 0 Å². The van der Waals surface area contributed by atoms with E-state index in [4.69, 9.17) is 0 Å². The van der Waals surface area contributed by atoms with E-state index in [1.807, 2.05) is 30.6 Å². The number of anilines is 1. The molecule has 6 rings (SSSR count). The highest BCUT2D eigenvalue weighted by molar-refractivity contribution is 5.89. The molecule has 1 aromatic carbocycles. The minimum absolute atomic E-state index is 0.00173. The summed E-state index contributed by atoms with van der Waals surface area (Å²) in [5.41, 5.74) is 5.86. The van der Waals surface area contributed by atoms with E-state index in [1.54, 1.807) is 6.07 Å². The van der Waals surface area contributed by atoms with Crippen LogP contribution in [0.3, 0.4) is 0 Å². The Hall–Kier alpha value is -3.02. The lowest BCUT2D eigenvalue weighted by atomic mass is 9.53. The van der Waals surface area contributed by atoms with Gasteiger partial charge in [-0.15, -0.1) is 0 Å². The molecule has 1 fully saturated rings. The molecule has 1 saturated carbocycles. The second-order valence-electron chi connectivity index (χ2n) is 11.6. The lowest BCUT2D eigenvalue weighted by Gasteiger charge is -2.50. The lowest BCUT2D eigenvalue weighted by Crippen LogP contribution is -2.44. The van der Waals surface area contributed by atoms with E-state index in [1.165, 1.54) is 16.8 Å². The van der Waals surface area contributed by atoms with Crippen LogP contribution in [0.1, 0.15) is 98.6 Å². The number of benzene rings is 1. The number of hydrogen-bond donors (Lipinski definition) is 2. The molecule has 5 atom stereocenters. The highest BCUT2D eigenvalue weighted by Crippen LogP contribution is 2.64.